The molecule has 5 nitrogen and oxygen atoms in total. The van der Waals surface area contributed by atoms with Crippen molar-refractivity contribution in [3.8, 4) is 0 Å². The van der Waals surface area contributed by atoms with Crippen molar-refractivity contribution < 1.29 is 9.84 Å². The minimum Gasteiger partial charge on any atom is -0.371 e. The minimum atomic E-state index is -0.912. The highest BCUT2D eigenvalue weighted by molar-refractivity contribution is 6.31. The largest absolute Gasteiger partial charge is 0.371 e. The Morgan fingerprint density at radius 1 is 1.36 bits per heavy atom. The first-order valence-corrected chi connectivity index (χ1v) is 7.14. The van der Waals surface area contributed by atoms with Crippen LogP contribution >= 0.6 is 11.6 Å². The lowest BCUT2D eigenvalue weighted by Gasteiger charge is -2.25. The molecule has 0 radical (unpaired) electrons. The van der Waals surface area contributed by atoms with Crippen molar-refractivity contribution in [3.63, 3.8) is 0 Å². The summed E-state index contributed by atoms with van der Waals surface area (Å²) in [6.45, 7) is 0. The predicted octanol–water partition coefficient (Wildman–Crippen LogP) is 1.63. The number of aliphatic hydroxyl groups excluding tert-OH is 1. The number of aliphatic hydroxyl groups is 1. The van der Waals surface area contributed by atoms with Gasteiger partial charge in [-0.25, -0.2) is 10.9 Å². The Labute approximate surface area is 134 Å². The third kappa shape index (κ3) is 4.62. The fourth-order valence-electron chi connectivity index (χ4n) is 1.91. The fourth-order valence-corrected chi connectivity index (χ4v) is 2.02. The number of allylic oxidation sites excluding steroid dienone is 4. The molecule has 0 amide bonds. The van der Waals surface area contributed by atoms with Gasteiger partial charge in [0.05, 0.1) is 5.03 Å². The molecule has 0 fully saturated rings. The van der Waals surface area contributed by atoms with Crippen LogP contribution in [0.3, 0.4) is 0 Å². The van der Waals surface area contributed by atoms with Crippen LogP contribution in [0.2, 0.25) is 0 Å². The van der Waals surface area contributed by atoms with Crippen LogP contribution in [-0.2, 0) is 4.74 Å². The van der Waals surface area contributed by atoms with Crippen molar-refractivity contribution in [2.24, 2.45) is 0 Å². The van der Waals surface area contributed by atoms with Crippen molar-refractivity contribution in [3.05, 3.63) is 64.0 Å². The molecular weight excluding hydrogens is 302 g/mol. The van der Waals surface area contributed by atoms with Gasteiger partial charge in [-0.1, -0.05) is 23.1 Å². The van der Waals surface area contributed by atoms with E-state index in [-0.39, 0.29) is 6.23 Å². The van der Waals surface area contributed by atoms with Crippen molar-refractivity contribution in [2.75, 3.05) is 14.2 Å². The van der Waals surface area contributed by atoms with E-state index in [1.807, 2.05) is 25.4 Å². The molecule has 1 aliphatic carbocycles. The minimum absolute atomic E-state index is 0.338. The van der Waals surface area contributed by atoms with E-state index >= 15 is 0 Å². The van der Waals surface area contributed by atoms with Crippen LogP contribution in [0.15, 0.2) is 64.0 Å². The van der Waals surface area contributed by atoms with Crippen molar-refractivity contribution in [2.45, 2.75) is 18.9 Å². The maximum Gasteiger partial charge on any atom is 0.166 e. The Bertz CT molecular complexity index is 646. The lowest BCUT2D eigenvalue weighted by atomic mass is 10.1. The lowest BCUT2D eigenvalue weighted by molar-refractivity contribution is 0.0319. The summed E-state index contributed by atoms with van der Waals surface area (Å²) in [4.78, 5) is 1.78. The number of nitrogens with one attached hydrogen (secondary N) is 2. The molecule has 116 valence electrons. The van der Waals surface area contributed by atoms with Crippen molar-refractivity contribution in [1.82, 2.24) is 15.8 Å². The Balaban J connectivity index is 1.91. The van der Waals surface area contributed by atoms with E-state index in [0.717, 1.165) is 5.57 Å². The van der Waals surface area contributed by atoms with Crippen LogP contribution in [0, 0.1) is 0 Å². The first-order valence-electron chi connectivity index (χ1n) is 6.76. The third-order valence-corrected chi connectivity index (χ3v) is 3.34. The quantitative estimate of drug-likeness (QED) is 0.378. The topological polar surface area (TPSA) is 56.8 Å². The molecule has 6 heteroatoms. The van der Waals surface area contributed by atoms with Crippen LogP contribution in [0.1, 0.15) is 6.42 Å². The molecular formula is C16H18ClN3O2. The fraction of sp³-hybridized carbons (Fsp3) is 0.312. The molecule has 1 heterocycles. The van der Waals surface area contributed by atoms with Gasteiger partial charge in [-0.05, 0) is 30.0 Å². The molecule has 0 saturated carbocycles. The standard InChI is InChI=1S/C16H18ClN3O2/c1-20-10-4-3-5-14(20)16(21)19-18-15(22-2)11-12-6-8-13(17)9-7-12/h3-4,6,8,10,15-16,18-19,21H,11H2,1-2H3. The monoisotopic (exact) mass is 319 g/mol. The van der Waals surface area contributed by atoms with Crippen LogP contribution in [0.25, 0.3) is 0 Å². The predicted molar refractivity (Wildman–Crippen MR) is 85.2 cm³/mol. The zero-order valence-corrected chi connectivity index (χ0v) is 13.2. The molecule has 2 aliphatic rings. The number of rotatable bonds is 7. The normalized spacial score (nSPS) is 18.9. The maximum atomic E-state index is 10.1. The summed E-state index contributed by atoms with van der Waals surface area (Å²) in [6.07, 6.45) is 8.33. The second kappa shape index (κ2) is 8.02. The Hall–Kier alpha value is -1.77. The van der Waals surface area contributed by atoms with Gasteiger partial charge in [-0.15, -0.1) is 0 Å². The molecule has 2 unspecified atom stereocenters. The highest BCUT2D eigenvalue weighted by Gasteiger charge is 2.16. The van der Waals surface area contributed by atoms with Crippen molar-refractivity contribution >= 4 is 11.6 Å². The summed E-state index contributed by atoms with van der Waals surface area (Å²) in [5.74, 6) is 0. The van der Waals surface area contributed by atoms with Gasteiger partial charge in [0.1, 0.15) is 11.9 Å². The first-order chi connectivity index (χ1) is 10.6. The van der Waals surface area contributed by atoms with Gasteiger partial charge in [0.15, 0.2) is 6.23 Å². The van der Waals surface area contributed by atoms with Gasteiger partial charge in [-0.3, -0.25) is 0 Å². The molecule has 22 heavy (non-hydrogen) atoms. The van der Waals surface area contributed by atoms with Crippen LogP contribution in [0.5, 0.6) is 0 Å². The number of hydrazine groups is 1. The zero-order valence-electron chi connectivity index (χ0n) is 12.4. The molecule has 2 atom stereocenters. The third-order valence-electron chi connectivity index (χ3n) is 3.12. The highest BCUT2D eigenvalue weighted by Crippen LogP contribution is 2.13. The molecule has 0 aromatic heterocycles. The van der Waals surface area contributed by atoms with E-state index in [1.54, 1.807) is 24.2 Å². The van der Waals surface area contributed by atoms with Gasteiger partial charge in [0.25, 0.3) is 0 Å². The van der Waals surface area contributed by atoms with E-state index < -0.39 is 6.23 Å². The second-order valence-corrected chi connectivity index (χ2v) is 5.13. The van der Waals surface area contributed by atoms with Crippen LogP contribution in [-0.4, -0.2) is 36.6 Å². The van der Waals surface area contributed by atoms with E-state index in [4.69, 9.17) is 16.3 Å². The molecule has 0 spiro atoms. The van der Waals surface area contributed by atoms with E-state index in [0.29, 0.717) is 17.2 Å². The second-order valence-electron chi connectivity index (χ2n) is 4.72. The number of hydrogen-bond acceptors (Lipinski definition) is 5. The number of ether oxygens (including phenoxy) is 1. The maximum absolute atomic E-state index is 10.1. The van der Waals surface area contributed by atoms with Gasteiger partial charge in [-0.2, -0.15) is 0 Å². The SMILES string of the molecule is COC(CC1=C=C=C(Cl)C=C1)NNC(O)C1=C=CC=CN1C. The average Bonchev–Trinajstić information content (AvgIpc) is 2.53. The summed E-state index contributed by atoms with van der Waals surface area (Å²) in [6, 6.07) is 0. The van der Waals surface area contributed by atoms with E-state index in [1.165, 1.54) is 0 Å². The summed E-state index contributed by atoms with van der Waals surface area (Å²) < 4.78 is 5.33. The Morgan fingerprint density at radius 2 is 2.18 bits per heavy atom. The van der Waals surface area contributed by atoms with Crippen LogP contribution in [0.4, 0.5) is 0 Å². The van der Waals surface area contributed by atoms with E-state index in [9.17, 15) is 5.11 Å². The average molecular weight is 320 g/mol. The molecule has 0 bridgehead atoms. The number of nitrogens with zero attached hydrogens (tertiary/aromatic N) is 1. The lowest BCUT2D eigenvalue weighted by Crippen LogP contribution is -2.49. The highest BCUT2D eigenvalue weighted by atomic mass is 35.5. The van der Waals surface area contributed by atoms with Gasteiger partial charge in [0.2, 0.25) is 0 Å². The van der Waals surface area contributed by atoms with Crippen molar-refractivity contribution in [1.29, 1.82) is 0 Å². The molecule has 0 aromatic carbocycles. The van der Waals surface area contributed by atoms with Gasteiger partial charge in [0, 0.05) is 32.4 Å². The zero-order chi connectivity index (χ0) is 15.9. The van der Waals surface area contributed by atoms with Gasteiger partial charge >= 0.3 is 0 Å². The smallest absolute Gasteiger partial charge is 0.166 e. The molecule has 2 rings (SSSR count). The molecule has 1 aliphatic heterocycles. The number of halogens is 1. The van der Waals surface area contributed by atoms with Gasteiger partial charge < -0.3 is 14.7 Å². The van der Waals surface area contributed by atoms with E-state index in [2.05, 4.69) is 28.0 Å². The number of likely N-dealkylation sites (N-methyl/N-ethyl adjacent to an activating group) is 1. The first kappa shape index (κ1) is 16.6. The number of hydrogen-bond donors (Lipinski definition) is 3. The summed E-state index contributed by atoms with van der Waals surface area (Å²) >= 11 is 5.78. The number of methoxy groups -OCH3 is 1. The summed E-state index contributed by atoms with van der Waals surface area (Å²) in [7, 11) is 3.42. The Kier molecular flexibility index (Phi) is 6.05. The molecule has 0 saturated heterocycles. The summed E-state index contributed by atoms with van der Waals surface area (Å²) in [5.41, 5.74) is 16.0. The summed E-state index contributed by atoms with van der Waals surface area (Å²) in [5, 5.41) is 10.7. The molecule has 0 aromatic rings. The Morgan fingerprint density at radius 3 is 2.82 bits per heavy atom. The van der Waals surface area contributed by atoms with Crippen LogP contribution < -0.4 is 10.9 Å². The molecule has 3 N–H and O–H groups in total.